The molecular weight excluding hydrogens is 306 g/mol. The van der Waals surface area contributed by atoms with Crippen molar-refractivity contribution in [1.29, 1.82) is 0 Å². The van der Waals surface area contributed by atoms with Gasteiger partial charge in [-0.05, 0) is 31.2 Å². The summed E-state index contributed by atoms with van der Waals surface area (Å²) in [5, 5.41) is 0.540. The second-order valence-corrected chi connectivity index (χ2v) is 5.06. The van der Waals surface area contributed by atoms with E-state index in [-0.39, 0.29) is 13.0 Å². The predicted molar refractivity (Wildman–Crippen MR) is 82.8 cm³/mol. The van der Waals surface area contributed by atoms with E-state index in [0.717, 1.165) is 0 Å². The summed E-state index contributed by atoms with van der Waals surface area (Å²) < 4.78 is 16.0. The lowest BCUT2D eigenvalue weighted by molar-refractivity contribution is -0.144. The maximum atomic E-state index is 11.5. The van der Waals surface area contributed by atoms with Gasteiger partial charge in [-0.25, -0.2) is 0 Å². The molecule has 2 N–H and O–H groups in total. The van der Waals surface area contributed by atoms with Gasteiger partial charge in [0.25, 0.3) is 0 Å². The fourth-order valence-corrected chi connectivity index (χ4v) is 2.06. The highest BCUT2D eigenvalue weighted by Gasteiger charge is 2.17. The minimum atomic E-state index is -0.733. The number of carbonyl (C=O) groups is 1. The Labute approximate surface area is 134 Å². The van der Waals surface area contributed by atoms with Gasteiger partial charge in [-0.15, -0.1) is 0 Å². The third-order valence-corrected chi connectivity index (χ3v) is 3.25. The molecule has 5 nitrogen and oxygen atoms in total. The van der Waals surface area contributed by atoms with Gasteiger partial charge in [-0.2, -0.15) is 0 Å². The second kappa shape index (κ2) is 7.87. The topological polar surface area (TPSA) is 74.7 Å². The number of esters is 1. The zero-order chi connectivity index (χ0) is 15.9. The first-order valence-corrected chi connectivity index (χ1v) is 7.35. The SMILES string of the molecule is CCOC(=O)C(N)Cc1ccc(COc2ccccc2Cl)o1. The predicted octanol–water partition coefficient (Wildman–Crippen LogP) is 2.94. The summed E-state index contributed by atoms with van der Waals surface area (Å²) in [4.78, 5) is 11.5. The van der Waals surface area contributed by atoms with Crippen molar-refractivity contribution in [3.63, 3.8) is 0 Å². The summed E-state index contributed by atoms with van der Waals surface area (Å²) >= 11 is 6.01. The van der Waals surface area contributed by atoms with E-state index >= 15 is 0 Å². The molecule has 1 aromatic heterocycles. The summed E-state index contributed by atoms with van der Waals surface area (Å²) in [7, 11) is 0. The molecule has 0 spiro atoms. The van der Waals surface area contributed by atoms with E-state index in [9.17, 15) is 4.79 Å². The number of para-hydroxylation sites is 1. The Kier molecular flexibility index (Phi) is 5.86. The van der Waals surface area contributed by atoms with E-state index in [1.54, 1.807) is 31.2 Å². The Morgan fingerprint density at radius 3 is 2.73 bits per heavy atom. The lowest BCUT2D eigenvalue weighted by atomic mass is 10.2. The van der Waals surface area contributed by atoms with Crippen LogP contribution in [0.25, 0.3) is 0 Å². The molecule has 6 heteroatoms. The lowest BCUT2D eigenvalue weighted by Crippen LogP contribution is -2.34. The number of carbonyl (C=O) groups excluding carboxylic acids is 1. The van der Waals surface area contributed by atoms with Crippen molar-refractivity contribution >= 4 is 17.6 Å². The minimum absolute atomic E-state index is 0.248. The van der Waals surface area contributed by atoms with E-state index < -0.39 is 12.0 Å². The molecule has 1 atom stereocenters. The molecule has 22 heavy (non-hydrogen) atoms. The maximum absolute atomic E-state index is 11.5. The third-order valence-electron chi connectivity index (χ3n) is 2.93. The van der Waals surface area contributed by atoms with Gasteiger partial charge in [0.15, 0.2) is 0 Å². The Hall–Kier alpha value is -1.98. The molecule has 1 heterocycles. The molecule has 1 unspecified atom stereocenters. The number of benzene rings is 1. The fraction of sp³-hybridized carbons (Fsp3) is 0.312. The van der Waals surface area contributed by atoms with Gasteiger partial charge in [0.1, 0.15) is 29.9 Å². The van der Waals surface area contributed by atoms with Crippen LogP contribution in [0.4, 0.5) is 0 Å². The van der Waals surface area contributed by atoms with Crippen LogP contribution in [0.15, 0.2) is 40.8 Å². The quantitative estimate of drug-likeness (QED) is 0.793. The zero-order valence-corrected chi connectivity index (χ0v) is 13.0. The van der Waals surface area contributed by atoms with Crippen molar-refractivity contribution in [3.8, 4) is 5.75 Å². The Balaban J connectivity index is 1.89. The number of nitrogens with two attached hydrogens (primary N) is 1. The van der Waals surface area contributed by atoms with E-state index in [1.807, 2.05) is 12.1 Å². The van der Waals surface area contributed by atoms with Gasteiger partial charge in [-0.3, -0.25) is 4.79 Å². The highest BCUT2D eigenvalue weighted by atomic mass is 35.5. The van der Waals surface area contributed by atoms with Gasteiger partial charge < -0.3 is 19.6 Å². The number of furan rings is 1. The van der Waals surface area contributed by atoms with Crippen LogP contribution in [0.1, 0.15) is 18.4 Å². The molecule has 118 valence electrons. The van der Waals surface area contributed by atoms with Crippen LogP contribution in [-0.2, 0) is 22.6 Å². The van der Waals surface area contributed by atoms with Crippen molar-refractivity contribution in [2.45, 2.75) is 26.0 Å². The van der Waals surface area contributed by atoms with E-state index in [2.05, 4.69) is 0 Å². The van der Waals surface area contributed by atoms with Gasteiger partial charge in [0.2, 0.25) is 0 Å². The summed E-state index contributed by atoms with van der Waals surface area (Å²) in [5.74, 6) is 1.39. The number of ether oxygens (including phenoxy) is 2. The van der Waals surface area contributed by atoms with Gasteiger partial charge in [-0.1, -0.05) is 23.7 Å². The third kappa shape index (κ3) is 4.51. The number of halogens is 1. The Morgan fingerprint density at radius 2 is 2.00 bits per heavy atom. The standard InChI is InChI=1S/C16H18ClNO4/c1-2-20-16(19)14(18)9-11-7-8-12(22-11)10-21-15-6-4-3-5-13(15)17/h3-8,14H,2,9-10,18H2,1H3. The zero-order valence-electron chi connectivity index (χ0n) is 12.3. The van der Waals surface area contributed by atoms with Crippen molar-refractivity contribution in [2.24, 2.45) is 5.73 Å². The Bertz CT molecular complexity index is 626. The Morgan fingerprint density at radius 1 is 1.27 bits per heavy atom. The number of hydrogen-bond acceptors (Lipinski definition) is 5. The number of rotatable bonds is 7. The van der Waals surface area contributed by atoms with E-state index in [0.29, 0.717) is 28.9 Å². The molecule has 2 rings (SSSR count). The summed E-state index contributed by atoms with van der Waals surface area (Å²) in [6.07, 6.45) is 0.283. The first-order valence-electron chi connectivity index (χ1n) is 6.97. The van der Waals surface area contributed by atoms with Crippen LogP contribution < -0.4 is 10.5 Å². The van der Waals surface area contributed by atoms with E-state index in [1.165, 1.54) is 0 Å². The minimum Gasteiger partial charge on any atom is -0.484 e. The maximum Gasteiger partial charge on any atom is 0.323 e. The molecule has 0 amide bonds. The van der Waals surface area contributed by atoms with Crippen LogP contribution in [0.2, 0.25) is 5.02 Å². The monoisotopic (exact) mass is 323 g/mol. The molecule has 1 aromatic carbocycles. The van der Waals surface area contributed by atoms with Crippen LogP contribution in [-0.4, -0.2) is 18.6 Å². The molecule has 0 aliphatic heterocycles. The van der Waals surface area contributed by atoms with Crippen LogP contribution >= 0.6 is 11.6 Å². The first-order chi connectivity index (χ1) is 10.6. The van der Waals surface area contributed by atoms with Crippen molar-refractivity contribution < 1.29 is 18.7 Å². The molecule has 0 fully saturated rings. The molecule has 2 aromatic rings. The van der Waals surface area contributed by atoms with Gasteiger partial charge in [0.05, 0.1) is 11.6 Å². The largest absolute Gasteiger partial charge is 0.484 e. The molecule has 0 radical (unpaired) electrons. The van der Waals surface area contributed by atoms with Crippen molar-refractivity contribution in [1.82, 2.24) is 0 Å². The van der Waals surface area contributed by atoms with Crippen LogP contribution in [0.3, 0.4) is 0 Å². The average molecular weight is 324 g/mol. The normalized spacial score (nSPS) is 12.0. The second-order valence-electron chi connectivity index (χ2n) is 4.65. The molecular formula is C16H18ClNO4. The highest BCUT2D eigenvalue weighted by molar-refractivity contribution is 6.32. The average Bonchev–Trinajstić information content (AvgIpc) is 2.94. The summed E-state index contributed by atoms with van der Waals surface area (Å²) in [5.41, 5.74) is 5.75. The van der Waals surface area contributed by atoms with Crippen molar-refractivity contribution in [2.75, 3.05) is 6.61 Å². The first kappa shape index (κ1) is 16.4. The number of hydrogen-bond donors (Lipinski definition) is 1. The van der Waals surface area contributed by atoms with Gasteiger partial charge in [0, 0.05) is 6.42 Å². The molecule has 0 aliphatic carbocycles. The summed E-state index contributed by atoms with van der Waals surface area (Å²) in [6, 6.07) is 10.0. The smallest absolute Gasteiger partial charge is 0.323 e. The highest BCUT2D eigenvalue weighted by Crippen LogP contribution is 2.24. The van der Waals surface area contributed by atoms with Crippen LogP contribution in [0.5, 0.6) is 5.75 Å². The lowest BCUT2D eigenvalue weighted by Gasteiger charge is -2.08. The molecule has 0 aliphatic rings. The molecule has 0 saturated heterocycles. The van der Waals surface area contributed by atoms with E-state index in [4.69, 9.17) is 31.2 Å². The fourth-order valence-electron chi connectivity index (χ4n) is 1.87. The van der Waals surface area contributed by atoms with Crippen LogP contribution in [0, 0.1) is 0 Å². The van der Waals surface area contributed by atoms with Gasteiger partial charge >= 0.3 is 5.97 Å². The molecule has 0 bridgehead atoms. The summed E-state index contributed by atoms with van der Waals surface area (Å²) in [6.45, 7) is 2.29. The van der Waals surface area contributed by atoms with Crippen molar-refractivity contribution in [3.05, 3.63) is 52.9 Å². The molecule has 0 saturated carbocycles.